The van der Waals surface area contributed by atoms with Crippen LogP contribution in [0.2, 0.25) is 0 Å². The molecule has 0 spiro atoms. The van der Waals surface area contributed by atoms with Gasteiger partial charge in [0.15, 0.2) is 0 Å². The molecule has 0 aromatic heterocycles. The normalized spacial score (nSPS) is 31.4. The smallest absolute Gasteiger partial charge is 0.320 e. The molecule has 0 radical (unpaired) electrons. The van der Waals surface area contributed by atoms with Crippen LogP contribution in [0.15, 0.2) is 30.3 Å². The molecule has 4 atom stereocenters. The summed E-state index contributed by atoms with van der Waals surface area (Å²) >= 11 is 0. The predicted octanol–water partition coefficient (Wildman–Crippen LogP) is 3.86. The number of nitrogens with zero attached hydrogens (tertiary/aromatic N) is 1. The lowest BCUT2D eigenvalue weighted by Crippen LogP contribution is -2.55. The summed E-state index contributed by atoms with van der Waals surface area (Å²) < 4.78 is 0. The van der Waals surface area contributed by atoms with E-state index in [-0.39, 0.29) is 12.1 Å². The molecule has 1 aliphatic heterocycles. The second-order valence-corrected chi connectivity index (χ2v) is 6.58. The minimum absolute atomic E-state index is 0.179. The van der Waals surface area contributed by atoms with Crippen LogP contribution < -0.4 is 0 Å². The van der Waals surface area contributed by atoms with Gasteiger partial charge in [0.05, 0.1) is 0 Å². The van der Waals surface area contributed by atoms with Crippen molar-refractivity contribution in [2.75, 3.05) is 0 Å². The van der Waals surface area contributed by atoms with Gasteiger partial charge in [0, 0.05) is 12.1 Å². The van der Waals surface area contributed by atoms with Gasteiger partial charge < -0.3 is 5.11 Å². The van der Waals surface area contributed by atoms with E-state index in [0.29, 0.717) is 12.0 Å². The Bertz CT molecular complexity index is 487. The molecule has 0 bridgehead atoms. The van der Waals surface area contributed by atoms with Crippen molar-refractivity contribution in [3.8, 4) is 0 Å². The molecule has 2 fully saturated rings. The SMILES string of the molecule is CC(c1ccccc1)N1C(C(=O)O)CCC2CCCCC21. The average molecular weight is 287 g/mol. The summed E-state index contributed by atoms with van der Waals surface area (Å²) in [5.41, 5.74) is 1.23. The highest BCUT2D eigenvalue weighted by Crippen LogP contribution is 2.42. The summed E-state index contributed by atoms with van der Waals surface area (Å²) in [5, 5.41) is 9.65. The Morgan fingerprint density at radius 3 is 2.57 bits per heavy atom. The fourth-order valence-corrected chi connectivity index (χ4v) is 4.38. The van der Waals surface area contributed by atoms with E-state index in [2.05, 4.69) is 24.0 Å². The second-order valence-electron chi connectivity index (χ2n) is 6.58. The van der Waals surface area contributed by atoms with Crippen molar-refractivity contribution < 1.29 is 9.90 Å². The maximum absolute atomic E-state index is 11.7. The Balaban J connectivity index is 1.90. The van der Waals surface area contributed by atoms with E-state index in [0.717, 1.165) is 19.3 Å². The number of carboxylic acid groups (broad SMARTS) is 1. The first-order valence-corrected chi connectivity index (χ1v) is 8.23. The highest BCUT2D eigenvalue weighted by Gasteiger charge is 2.43. The van der Waals surface area contributed by atoms with Gasteiger partial charge in [-0.2, -0.15) is 0 Å². The van der Waals surface area contributed by atoms with Gasteiger partial charge in [-0.3, -0.25) is 9.69 Å². The Kier molecular flexibility index (Phi) is 4.29. The van der Waals surface area contributed by atoms with Crippen LogP contribution in [0.5, 0.6) is 0 Å². The lowest BCUT2D eigenvalue weighted by molar-refractivity contribution is -0.150. The van der Waals surface area contributed by atoms with Gasteiger partial charge in [-0.25, -0.2) is 0 Å². The lowest BCUT2D eigenvalue weighted by Gasteiger charge is -2.50. The van der Waals surface area contributed by atoms with Gasteiger partial charge in [0.1, 0.15) is 6.04 Å². The summed E-state index contributed by atoms with van der Waals surface area (Å²) in [7, 11) is 0. The number of benzene rings is 1. The van der Waals surface area contributed by atoms with Crippen LogP contribution in [-0.2, 0) is 4.79 Å². The molecule has 1 aliphatic carbocycles. The molecule has 1 saturated heterocycles. The number of aliphatic carboxylic acids is 1. The number of rotatable bonds is 3. The summed E-state index contributed by atoms with van der Waals surface area (Å²) in [6.45, 7) is 2.17. The van der Waals surface area contributed by atoms with Crippen molar-refractivity contribution in [1.29, 1.82) is 0 Å². The van der Waals surface area contributed by atoms with Crippen molar-refractivity contribution >= 4 is 5.97 Å². The minimum atomic E-state index is -0.651. The first kappa shape index (κ1) is 14.6. The highest BCUT2D eigenvalue weighted by atomic mass is 16.4. The molecule has 4 unspecified atom stereocenters. The van der Waals surface area contributed by atoms with Crippen LogP contribution in [0.1, 0.15) is 57.1 Å². The van der Waals surface area contributed by atoms with Crippen molar-refractivity contribution in [1.82, 2.24) is 4.90 Å². The zero-order chi connectivity index (χ0) is 14.8. The third kappa shape index (κ3) is 2.84. The molecular weight excluding hydrogens is 262 g/mol. The first-order chi connectivity index (χ1) is 10.2. The molecule has 1 aromatic carbocycles. The van der Waals surface area contributed by atoms with Crippen LogP contribution in [0.3, 0.4) is 0 Å². The van der Waals surface area contributed by atoms with E-state index in [1.54, 1.807) is 0 Å². The third-order valence-corrected chi connectivity index (χ3v) is 5.44. The van der Waals surface area contributed by atoms with E-state index in [9.17, 15) is 9.90 Å². The van der Waals surface area contributed by atoms with E-state index < -0.39 is 5.97 Å². The average Bonchev–Trinajstić information content (AvgIpc) is 2.53. The van der Waals surface area contributed by atoms with Crippen molar-refractivity contribution in [3.63, 3.8) is 0 Å². The van der Waals surface area contributed by atoms with E-state index in [4.69, 9.17) is 0 Å². The van der Waals surface area contributed by atoms with Gasteiger partial charge in [-0.05, 0) is 44.1 Å². The maximum atomic E-state index is 11.7. The largest absolute Gasteiger partial charge is 0.480 e. The molecule has 2 aliphatic rings. The van der Waals surface area contributed by atoms with E-state index in [1.807, 2.05) is 18.2 Å². The third-order valence-electron chi connectivity index (χ3n) is 5.44. The van der Waals surface area contributed by atoms with Gasteiger partial charge >= 0.3 is 5.97 Å². The van der Waals surface area contributed by atoms with E-state index in [1.165, 1.54) is 24.8 Å². The van der Waals surface area contributed by atoms with Gasteiger partial charge in [0.25, 0.3) is 0 Å². The highest BCUT2D eigenvalue weighted by molar-refractivity contribution is 5.73. The Morgan fingerprint density at radius 1 is 1.14 bits per heavy atom. The number of carboxylic acids is 1. The summed E-state index contributed by atoms with van der Waals surface area (Å²) in [6.07, 6.45) is 6.87. The molecule has 1 N–H and O–H groups in total. The number of hydrogen-bond acceptors (Lipinski definition) is 2. The maximum Gasteiger partial charge on any atom is 0.320 e. The van der Waals surface area contributed by atoms with Crippen molar-refractivity contribution in [2.24, 2.45) is 5.92 Å². The number of fused-ring (bicyclic) bond motifs is 1. The Labute approximate surface area is 127 Å². The number of likely N-dealkylation sites (tertiary alicyclic amines) is 1. The van der Waals surface area contributed by atoms with Crippen LogP contribution in [0.25, 0.3) is 0 Å². The van der Waals surface area contributed by atoms with Crippen molar-refractivity contribution in [3.05, 3.63) is 35.9 Å². The fourth-order valence-electron chi connectivity index (χ4n) is 4.38. The molecule has 0 amide bonds. The second kappa shape index (κ2) is 6.18. The van der Waals surface area contributed by atoms with Gasteiger partial charge in [0.2, 0.25) is 0 Å². The van der Waals surface area contributed by atoms with Gasteiger partial charge in [-0.15, -0.1) is 0 Å². The molecule has 114 valence electrons. The molecule has 1 heterocycles. The fraction of sp³-hybridized carbons (Fsp3) is 0.611. The molecular formula is C18H25NO2. The van der Waals surface area contributed by atoms with Crippen LogP contribution in [0.4, 0.5) is 0 Å². The first-order valence-electron chi connectivity index (χ1n) is 8.23. The summed E-state index contributed by atoms with van der Waals surface area (Å²) in [4.78, 5) is 14.0. The van der Waals surface area contributed by atoms with Crippen LogP contribution >= 0.6 is 0 Å². The number of hydrogen-bond donors (Lipinski definition) is 1. The molecule has 1 saturated carbocycles. The Morgan fingerprint density at radius 2 is 1.86 bits per heavy atom. The topological polar surface area (TPSA) is 40.5 Å². The molecule has 3 nitrogen and oxygen atoms in total. The van der Waals surface area contributed by atoms with Crippen LogP contribution in [0, 0.1) is 5.92 Å². The van der Waals surface area contributed by atoms with E-state index >= 15 is 0 Å². The monoisotopic (exact) mass is 287 g/mol. The summed E-state index contributed by atoms with van der Waals surface area (Å²) in [5.74, 6) is 0.0438. The molecule has 21 heavy (non-hydrogen) atoms. The Hall–Kier alpha value is -1.35. The minimum Gasteiger partial charge on any atom is -0.480 e. The van der Waals surface area contributed by atoms with Crippen LogP contribution in [-0.4, -0.2) is 28.1 Å². The molecule has 3 rings (SSSR count). The lowest BCUT2D eigenvalue weighted by atomic mass is 9.75. The number of carbonyl (C=O) groups is 1. The molecule has 3 heteroatoms. The predicted molar refractivity (Wildman–Crippen MR) is 83.1 cm³/mol. The molecule has 1 aromatic rings. The zero-order valence-electron chi connectivity index (χ0n) is 12.7. The summed E-state index contributed by atoms with van der Waals surface area (Å²) in [6, 6.07) is 10.7. The van der Waals surface area contributed by atoms with Crippen molar-refractivity contribution in [2.45, 2.75) is 63.6 Å². The number of piperidine rings is 1. The quantitative estimate of drug-likeness (QED) is 0.918. The standard InChI is InChI=1S/C18H25NO2/c1-13(14-7-3-2-4-8-14)19-16-10-6-5-9-15(16)11-12-17(19)18(20)21/h2-4,7-8,13,15-17H,5-6,9-12H2,1H3,(H,20,21). The zero-order valence-corrected chi connectivity index (χ0v) is 12.7. The van der Waals surface area contributed by atoms with Gasteiger partial charge in [-0.1, -0.05) is 43.2 Å².